The van der Waals surface area contributed by atoms with Gasteiger partial charge < -0.3 is 0 Å². The van der Waals surface area contributed by atoms with Crippen LogP contribution in [-0.2, 0) is 26.7 Å². The fraction of sp³-hybridized carbons (Fsp3) is 0.250. The summed E-state index contributed by atoms with van der Waals surface area (Å²) in [5, 5.41) is 0. The summed E-state index contributed by atoms with van der Waals surface area (Å²) < 4.78 is 111. The fourth-order valence-electron chi connectivity index (χ4n) is 3.56. The molecule has 0 radical (unpaired) electrons. The van der Waals surface area contributed by atoms with Gasteiger partial charge >= 0.3 is 12.4 Å². The van der Waals surface area contributed by atoms with E-state index in [-0.39, 0.29) is 39.8 Å². The molecule has 0 fully saturated rings. The van der Waals surface area contributed by atoms with Crippen LogP contribution >= 0.6 is 0 Å². The van der Waals surface area contributed by atoms with Crippen molar-refractivity contribution in [1.82, 2.24) is 15.0 Å². The van der Waals surface area contributed by atoms with Gasteiger partial charge in [0, 0.05) is 22.9 Å². The van der Waals surface area contributed by atoms with E-state index in [0.717, 1.165) is 24.3 Å². The first-order chi connectivity index (χ1) is 18.9. The molecule has 0 atom stereocenters. The third-order valence-corrected chi connectivity index (χ3v) is 6.87. The number of rotatable bonds is 6. The average Bonchev–Trinajstić information content (AvgIpc) is 2.91. The predicted molar refractivity (Wildman–Crippen MR) is 139 cm³/mol. The summed E-state index contributed by atoms with van der Waals surface area (Å²) in [5.74, 6) is -0.351. The van der Waals surface area contributed by atoms with Crippen molar-refractivity contribution in [2.24, 2.45) is 5.41 Å². The number of aromatic nitrogens is 3. The molecule has 2 aromatic heterocycles. The molecule has 2 heterocycles. The van der Waals surface area contributed by atoms with Crippen LogP contribution in [0.4, 0.5) is 26.3 Å². The van der Waals surface area contributed by atoms with Gasteiger partial charge in [0.1, 0.15) is 5.69 Å². The predicted octanol–water partition coefficient (Wildman–Crippen LogP) is 7.66. The summed E-state index contributed by atoms with van der Waals surface area (Å²) in [4.78, 5) is 11.9. The second-order valence-corrected chi connectivity index (χ2v) is 11.9. The first kappa shape index (κ1) is 30.1. The summed E-state index contributed by atoms with van der Waals surface area (Å²) >= 11 is 0. The van der Waals surface area contributed by atoms with Crippen molar-refractivity contribution in [3.63, 3.8) is 0 Å². The highest BCUT2D eigenvalue weighted by molar-refractivity contribution is 7.86. The van der Waals surface area contributed by atoms with Gasteiger partial charge in [-0.2, -0.15) is 34.8 Å². The minimum atomic E-state index is -4.87. The van der Waals surface area contributed by atoms with Gasteiger partial charge in [-0.1, -0.05) is 45.0 Å². The van der Waals surface area contributed by atoms with Crippen LogP contribution in [0.5, 0.6) is 0 Å². The molecule has 0 unspecified atom stereocenters. The Kier molecular flexibility index (Phi) is 7.98. The number of halogens is 6. The van der Waals surface area contributed by atoms with Gasteiger partial charge in [-0.25, -0.2) is 9.97 Å². The van der Waals surface area contributed by atoms with E-state index in [2.05, 4.69) is 15.0 Å². The number of hydrogen-bond donors (Lipinski definition) is 0. The van der Waals surface area contributed by atoms with Gasteiger partial charge in [-0.3, -0.25) is 9.17 Å². The van der Waals surface area contributed by atoms with Gasteiger partial charge in [-0.05, 0) is 47.9 Å². The highest BCUT2D eigenvalue weighted by atomic mass is 32.2. The van der Waals surface area contributed by atoms with Gasteiger partial charge in [0.2, 0.25) is 0 Å². The highest BCUT2D eigenvalue weighted by Crippen LogP contribution is 2.35. The number of hydrogen-bond acceptors (Lipinski definition) is 6. The maximum Gasteiger partial charge on any atom is 0.433 e. The van der Waals surface area contributed by atoms with Crippen molar-refractivity contribution in [1.29, 1.82) is 0 Å². The molecule has 0 aliphatic carbocycles. The van der Waals surface area contributed by atoms with E-state index in [1.54, 1.807) is 6.07 Å². The Morgan fingerprint density at radius 3 is 2.02 bits per heavy atom. The van der Waals surface area contributed by atoms with Crippen LogP contribution in [-0.4, -0.2) is 30.0 Å². The molecule has 0 saturated heterocycles. The molecule has 4 rings (SSSR count). The van der Waals surface area contributed by atoms with Gasteiger partial charge in [-0.15, -0.1) is 0 Å². The zero-order valence-electron chi connectivity index (χ0n) is 21.9. The topological polar surface area (TPSA) is 82.0 Å². The lowest BCUT2D eigenvalue weighted by Gasteiger charge is -2.17. The van der Waals surface area contributed by atoms with Crippen LogP contribution in [0.15, 0.2) is 77.8 Å². The Morgan fingerprint density at radius 2 is 1.41 bits per heavy atom. The first-order valence-corrected chi connectivity index (χ1v) is 13.4. The fourth-order valence-corrected chi connectivity index (χ4v) is 4.72. The van der Waals surface area contributed by atoms with Crippen molar-refractivity contribution < 1.29 is 38.9 Å². The Balaban J connectivity index is 1.75. The van der Waals surface area contributed by atoms with Gasteiger partial charge in [0.25, 0.3) is 10.1 Å². The third kappa shape index (κ3) is 7.47. The first-order valence-electron chi connectivity index (χ1n) is 12.0. The molecule has 0 N–H and O–H groups in total. The largest absolute Gasteiger partial charge is 0.433 e. The van der Waals surface area contributed by atoms with Crippen molar-refractivity contribution in [2.45, 2.75) is 38.0 Å². The zero-order valence-corrected chi connectivity index (χ0v) is 22.7. The van der Waals surface area contributed by atoms with E-state index in [9.17, 15) is 34.8 Å². The summed E-state index contributed by atoms with van der Waals surface area (Å²) in [7, 11) is -4.10. The summed E-state index contributed by atoms with van der Waals surface area (Å²) in [6.45, 7) is 5.38. The molecule has 0 amide bonds. The molecule has 2 aromatic carbocycles. The smallest absolute Gasteiger partial charge is 0.266 e. The minimum Gasteiger partial charge on any atom is -0.266 e. The molecular formula is C28H23F6N3O3S. The minimum absolute atomic E-state index is 0.0228. The van der Waals surface area contributed by atoms with E-state index < -0.39 is 39.1 Å². The quantitative estimate of drug-likeness (QED) is 0.168. The molecule has 0 bridgehead atoms. The number of benzene rings is 2. The van der Waals surface area contributed by atoms with Gasteiger partial charge in [0.05, 0.1) is 28.5 Å². The molecule has 0 saturated carbocycles. The van der Waals surface area contributed by atoms with Crippen molar-refractivity contribution in [3.8, 4) is 33.9 Å². The monoisotopic (exact) mass is 595 g/mol. The van der Waals surface area contributed by atoms with Crippen molar-refractivity contribution >= 4 is 10.1 Å². The van der Waals surface area contributed by atoms with Gasteiger partial charge in [0.15, 0.2) is 5.82 Å². The molecule has 41 heavy (non-hydrogen) atoms. The summed E-state index contributed by atoms with van der Waals surface area (Å²) in [6.07, 6.45) is -8.19. The second-order valence-electron chi connectivity index (χ2n) is 10.3. The SMILES string of the molecule is CC(C)(C)COS(=O)(=O)c1cccc(-c2cc(-c3nc(-c4ccc(C(F)(F)F)cc4)cc(C(F)(F)F)n3)ccn2)c1. The summed E-state index contributed by atoms with van der Waals surface area (Å²) in [6, 6.07) is 12.7. The highest BCUT2D eigenvalue weighted by Gasteiger charge is 2.34. The third-order valence-electron chi connectivity index (χ3n) is 5.61. The molecule has 216 valence electrons. The lowest BCUT2D eigenvalue weighted by atomic mass is 9.99. The number of pyridine rings is 1. The van der Waals surface area contributed by atoms with E-state index in [1.165, 1.54) is 36.5 Å². The maximum atomic E-state index is 13.7. The van der Waals surface area contributed by atoms with Crippen molar-refractivity contribution in [2.75, 3.05) is 6.61 Å². The zero-order chi connectivity index (χ0) is 30.2. The van der Waals surface area contributed by atoms with Crippen molar-refractivity contribution in [3.05, 3.63) is 84.2 Å². The Bertz CT molecular complexity index is 1660. The normalized spacial score (nSPS) is 12.9. The van der Waals surface area contributed by atoms with Crippen LogP contribution in [0.1, 0.15) is 32.0 Å². The molecule has 13 heteroatoms. The molecule has 0 aliphatic rings. The second kappa shape index (κ2) is 10.9. The molecule has 0 spiro atoms. The molecule has 4 aromatic rings. The van der Waals surface area contributed by atoms with E-state index >= 15 is 0 Å². The number of alkyl halides is 6. The molecule has 6 nitrogen and oxygen atoms in total. The Morgan fingerprint density at radius 1 is 0.732 bits per heavy atom. The van der Waals surface area contributed by atoms with Crippen LogP contribution in [0.3, 0.4) is 0 Å². The maximum absolute atomic E-state index is 13.7. The number of nitrogens with zero attached hydrogens (tertiary/aromatic N) is 3. The van der Waals surface area contributed by atoms with E-state index in [1.807, 2.05) is 20.8 Å². The summed E-state index contributed by atoms with van der Waals surface area (Å²) in [5.41, 5.74) is -2.21. The standard InChI is InChI=1S/C28H23F6N3O3S/c1-26(2,3)16-40-41(38,39)21-6-4-5-18(13-21)22-14-19(11-12-35-22)25-36-23(15-24(37-25)28(32,33)34)17-7-9-20(10-8-17)27(29,30)31/h4-15H,16H2,1-3H3. The molecule has 0 aliphatic heterocycles. The van der Waals surface area contributed by atoms with E-state index in [4.69, 9.17) is 4.18 Å². The van der Waals surface area contributed by atoms with Crippen LogP contribution in [0.25, 0.3) is 33.9 Å². The van der Waals surface area contributed by atoms with Crippen LogP contribution < -0.4 is 0 Å². The van der Waals surface area contributed by atoms with Crippen LogP contribution in [0, 0.1) is 5.41 Å². The lowest BCUT2D eigenvalue weighted by molar-refractivity contribution is -0.141. The molecular weight excluding hydrogens is 572 g/mol. The lowest BCUT2D eigenvalue weighted by Crippen LogP contribution is -2.18. The van der Waals surface area contributed by atoms with E-state index in [0.29, 0.717) is 11.6 Å². The Labute approximate surface area is 232 Å². The average molecular weight is 596 g/mol. The Hall–Kier alpha value is -3.84. The van der Waals surface area contributed by atoms with Crippen LogP contribution in [0.2, 0.25) is 0 Å².